The zero-order chi connectivity index (χ0) is 29.0. The van der Waals surface area contributed by atoms with Gasteiger partial charge in [0.25, 0.3) is 5.91 Å². The predicted octanol–water partition coefficient (Wildman–Crippen LogP) is 5.31. The molecule has 0 radical (unpaired) electrons. The lowest BCUT2D eigenvalue weighted by Crippen LogP contribution is -2.34. The van der Waals surface area contributed by atoms with Crippen molar-refractivity contribution in [1.29, 1.82) is 0 Å². The van der Waals surface area contributed by atoms with Gasteiger partial charge in [-0.15, -0.1) is 18.3 Å². The Morgan fingerprint density at radius 1 is 1.07 bits per heavy atom. The molecular weight excluding hydrogens is 539 g/mol. The van der Waals surface area contributed by atoms with E-state index in [1.165, 1.54) is 40.2 Å². The number of hydrogen-bond acceptors (Lipinski definition) is 5. The normalized spacial score (nSPS) is 14.3. The topological polar surface area (TPSA) is 114 Å². The number of para-hydroxylation sites is 1. The summed E-state index contributed by atoms with van der Waals surface area (Å²) in [5, 5.41) is 9.94. The molecule has 2 N–H and O–H groups in total. The predicted molar refractivity (Wildman–Crippen MR) is 146 cm³/mol. The molecule has 41 heavy (non-hydrogen) atoms. The third-order valence-corrected chi connectivity index (χ3v) is 6.04. The molecule has 0 aliphatic carbocycles. The summed E-state index contributed by atoms with van der Waals surface area (Å²) in [5.41, 5.74) is 3.28. The highest BCUT2D eigenvalue weighted by Crippen LogP contribution is 2.26. The molecule has 0 unspecified atom stereocenters. The molecule has 3 amide bonds. The summed E-state index contributed by atoms with van der Waals surface area (Å²) in [5.74, 6) is -0.0233. The van der Waals surface area contributed by atoms with Crippen molar-refractivity contribution >= 4 is 29.3 Å². The third-order valence-electron chi connectivity index (χ3n) is 6.04. The second-order valence-electron chi connectivity index (χ2n) is 8.96. The van der Waals surface area contributed by atoms with Crippen LogP contribution in [0.15, 0.2) is 84.1 Å². The summed E-state index contributed by atoms with van der Waals surface area (Å²) in [6.07, 6.45) is -1.66. The van der Waals surface area contributed by atoms with Crippen LogP contribution >= 0.6 is 0 Å². The zero-order valence-electron chi connectivity index (χ0n) is 21.7. The molecule has 5 rings (SSSR count). The first-order chi connectivity index (χ1) is 19.7. The van der Waals surface area contributed by atoms with Gasteiger partial charge in [0.1, 0.15) is 12.1 Å². The lowest BCUT2D eigenvalue weighted by molar-refractivity contribution is -0.274. The van der Waals surface area contributed by atoms with E-state index in [-0.39, 0.29) is 24.2 Å². The van der Waals surface area contributed by atoms with Crippen LogP contribution < -0.4 is 20.3 Å². The Bertz CT molecular complexity index is 1580. The number of anilines is 2. The number of amides is 3. The minimum atomic E-state index is -4.77. The van der Waals surface area contributed by atoms with E-state index in [1.54, 1.807) is 24.3 Å². The lowest BCUT2D eigenvalue weighted by Gasteiger charge is -2.19. The van der Waals surface area contributed by atoms with Crippen LogP contribution in [0, 0.1) is 0 Å². The number of aliphatic imine (C=N–C) groups is 1. The molecule has 1 aliphatic rings. The number of nitrogens with one attached hydrogen (secondary N) is 2. The molecule has 2 heterocycles. The van der Waals surface area contributed by atoms with Gasteiger partial charge in [-0.05, 0) is 66.6 Å². The SMILES string of the molecule is CCCc1ccccc1N1C(=O)CN/C1=N\C(=O)Nc1ccc(-c2ncn(-c3ccc(OC(F)(F)F)cc3)n2)cc1. The van der Waals surface area contributed by atoms with Crippen molar-refractivity contribution in [1.82, 2.24) is 20.1 Å². The number of guanidine groups is 1. The van der Waals surface area contributed by atoms with E-state index < -0.39 is 12.4 Å². The summed E-state index contributed by atoms with van der Waals surface area (Å²) in [7, 11) is 0. The van der Waals surface area contributed by atoms with Crippen molar-refractivity contribution < 1.29 is 27.5 Å². The summed E-state index contributed by atoms with van der Waals surface area (Å²) in [6.45, 7) is 2.08. The van der Waals surface area contributed by atoms with Crippen LogP contribution in [0.25, 0.3) is 17.1 Å². The van der Waals surface area contributed by atoms with Gasteiger partial charge in [0, 0.05) is 11.3 Å². The molecule has 4 aromatic rings. The summed E-state index contributed by atoms with van der Waals surface area (Å²) in [6, 6.07) is 18.8. The first-order valence-electron chi connectivity index (χ1n) is 12.6. The number of rotatable bonds is 7. The Balaban J connectivity index is 1.25. The molecular formula is C28H24F3N7O3. The number of carbonyl (C=O) groups excluding carboxylic acids is 2. The maximum Gasteiger partial charge on any atom is 0.573 e. The number of benzene rings is 3. The smallest absolute Gasteiger partial charge is 0.406 e. The van der Waals surface area contributed by atoms with E-state index in [1.807, 2.05) is 24.3 Å². The fraction of sp³-hybridized carbons (Fsp3) is 0.179. The Morgan fingerprint density at radius 2 is 1.80 bits per heavy atom. The number of urea groups is 1. The van der Waals surface area contributed by atoms with E-state index in [0.717, 1.165) is 18.4 Å². The van der Waals surface area contributed by atoms with Crippen molar-refractivity contribution in [3.05, 3.63) is 84.7 Å². The van der Waals surface area contributed by atoms with E-state index in [2.05, 4.69) is 37.4 Å². The van der Waals surface area contributed by atoms with Crippen LogP contribution in [0.3, 0.4) is 0 Å². The van der Waals surface area contributed by atoms with Crippen LogP contribution in [0.1, 0.15) is 18.9 Å². The highest BCUT2D eigenvalue weighted by atomic mass is 19.4. The van der Waals surface area contributed by atoms with Crippen molar-refractivity contribution in [2.75, 3.05) is 16.8 Å². The van der Waals surface area contributed by atoms with E-state index in [4.69, 9.17) is 0 Å². The van der Waals surface area contributed by atoms with Crippen LogP contribution in [-0.4, -0.2) is 45.6 Å². The van der Waals surface area contributed by atoms with E-state index >= 15 is 0 Å². The Labute approximate surface area is 232 Å². The van der Waals surface area contributed by atoms with Gasteiger partial charge in [0.05, 0.1) is 17.9 Å². The molecule has 0 saturated carbocycles. The maximum atomic E-state index is 12.7. The van der Waals surface area contributed by atoms with Crippen LogP contribution in [0.5, 0.6) is 5.75 Å². The molecule has 13 heteroatoms. The second kappa shape index (κ2) is 11.5. The van der Waals surface area contributed by atoms with Crippen molar-refractivity contribution in [3.63, 3.8) is 0 Å². The van der Waals surface area contributed by atoms with Gasteiger partial charge in [-0.25, -0.2) is 19.4 Å². The van der Waals surface area contributed by atoms with Gasteiger partial charge in [0.2, 0.25) is 5.96 Å². The molecule has 210 valence electrons. The number of halogens is 3. The number of ether oxygens (including phenoxy) is 1. The monoisotopic (exact) mass is 563 g/mol. The summed E-state index contributed by atoms with van der Waals surface area (Å²) < 4.78 is 42.4. The summed E-state index contributed by atoms with van der Waals surface area (Å²) in [4.78, 5) is 35.1. The standard InChI is InChI=1S/C28H24F3N7O3/c1-2-5-18-6-3-4-7-23(18)38-24(39)16-32-26(38)35-27(40)34-20-10-8-19(9-11-20)25-33-17-37(36-25)21-12-14-22(15-13-21)41-28(29,30)31/h3-4,6-15,17H,2,5,16H2,1H3,(H2,32,34,35,40). The van der Waals surface area contributed by atoms with Crippen LogP contribution in [0.2, 0.25) is 0 Å². The average Bonchev–Trinajstić information content (AvgIpc) is 3.56. The number of aromatic nitrogens is 3. The lowest BCUT2D eigenvalue weighted by atomic mass is 10.1. The molecule has 1 aliphatic heterocycles. The van der Waals surface area contributed by atoms with Gasteiger partial charge in [0.15, 0.2) is 5.82 Å². The first-order valence-corrected chi connectivity index (χ1v) is 12.6. The molecule has 0 spiro atoms. The Kier molecular flexibility index (Phi) is 7.68. The number of hydrogen-bond donors (Lipinski definition) is 2. The van der Waals surface area contributed by atoms with E-state index in [9.17, 15) is 22.8 Å². The fourth-order valence-corrected chi connectivity index (χ4v) is 4.25. The highest BCUT2D eigenvalue weighted by molar-refractivity contribution is 6.24. The van der Waals surface area contributed by atoms with Gasteiger partial charge >= 0.3 is 12.4 Å². The maximum absolute atomic E-state index is 12.7. The second-order valence-corrected chi connectivity index (χ2v) is 8.96. The first kappa shape index (κ1) is 27.4. The Morgan fingerprint density at radius 3 is 2.51 bits per heavy atom. The molecule has 1 saturated heterocycles. The van der Waals surface area contributed by atoms with E-state index in [0.29, 0.717) is 28.5 Å². The molecule has 1 fully saturated rings. The quantitative estimate of drug-likeness (QED) is 0.315. The zero-order valence-corrected chi connectivity index (χ0v) is 21.7. The van der Waals surface area contributed by atoms with Crippen LogP contribution in [-0.2, 0) is 11.2 Å². The molecule has 1 aromatic heterocycles. The third kappa shape index (κ3) is 6.52. The molecule has 10 nitrogen and oxygen atoms in total. The minimum absolute atomic E-state index is 0.0341. The van der Waals surface area contributed by atoms with Gasteiger partial charge in [-0.2, -0.15) is 4.99 Å². The van der Waals surface area contributed by atoms with Crippen LogP contribution in [0.4, 0.5) is 29.3 Å². The molecule has 3 aromatic carbocycles. The van der Waals surface area contributed by atoms with Gasteiger partial charge in [-0.3, -0.25) is 4.79 Å². The summed E-state index contributed by atoms with van der Waals surface area (Å²) >= 11 is 0. The number of nitrogens with zero attached hydrogens (tertiary/aromatic N) is 5. The Hall–Kier alpha value is -5.20. The average molecular weight is 564 g/mol. The van der Waals surface area contributed by atoms with Crippen molar-refractivity contribution in [2.45, 2.75) is 26.1 Å². The minimum Gasteiger partial charge on any atom is -0.406 e. The van der Waals surface area contributed by atoms with Gasteiger partial charge < -0.3 is 15.4 Å². The number of carbonyl (C=O) groups is 2. The fourth-order valence-electron chi connectivity index (χ4n) is 4.25. The molecule has 0 bridgehead atoms. The van der Waals surface area contributed by atoms with Crippen molar-refractivity contribution in [2.24, 2.45) is 4.99 Å². The number of aryl methyl sites for hydroxylation is 1. The highest BCUT2D eigenvalue weighted by Gasteiger charge is 2.31. The largest absolute Gasteiger partial charge is 0.573 e. The van der Waals surface area contributed by atoms with Gasteiger partial charge in [-0.1, -0.05) is 31.5 Å². The number of alkyl halides is 3. The molecule has 0 atom stereocenters. The van der Waals surface area contributed by atoms with Crippen molar-refractivity contribution in [3.8, 4) is 22.8 Å².